The van der Waals surface area contributed by atoms with Gasteiger partial charge >= 0.3 is 0 Å². The molecule has 0 saturated carbocycles. The summed E-state index contributed by atoms with van der Waals surface area (Å²) >= 11 is 0. The van der Waals surface area contributed by atoms with E-state index in [-0.39, 0.29) is 0 Å². The van der Waals surface area contributed by atoms with Crippen LogP contribution in [0.4, 0.5) is 0 Å². The second-order valence-corrected chi connectivity index (χ2v) is 13.3. The lowest BCUT2D eigenvalue weighted by Crippen LogP contribution is -2.28. The molecule has 2 heterocycles. The van der Waals surface area contributed by atoms with E-state index < -0.39 is 5.41 Å². The molecule has 10 rings (SSSR count). The highest BCUT2D eigenvalue weighted by Crippen LogP contribution is 2.57. The number of hydrogen-bond acceptors (Lipinski definition) is 3. The van der Waals surface area contributed by atoms with Gasteiger partial charge in [-0.25, -0.2) is 4.98 Å². The Labute approximate surface area is 295 Å². The number of nitriles is 1. The SMILES string of the molecule is N#Cc1ccc2c(c1)C(c1ccccc1)(c1ccccc1)c1cc(-c3ccc(-c4ccc5nc6c(ccc7cccnc76)cc5c4)cc3)ccc1-2. The summed E-state index contributed by atoms with van der Waals surface area (Å²) in [5.74, 6) is 0. The molecule has 51 heavy (non-hydrogen) atoms. The van der Waals surface area contributed by atoms with Crippen LogP contribution in [0.3, 0.4) is 0 Å². The molecule has 0 amide bonds. The van der Waals surface area contributed by atoms with Gasteiger partial charge in [0.15, 0.2) is 0 Å². The summed E-state index contributed by atoms with van der Waals surface area (Å²) in [6.45, 7) is 0. The van der Waals surface area contributed by atoms with E-state index in [4.69, 9.17) is 4.98 Å². The van der Waals surface area contributed by atoms with Crippen LogP contribution in [0.1, 0.15) is 27.8 Å². The molecule has 0 atom stereocenters. The van der Waals surface area contributed by atoms with Crippen LogP contribution in [0, 0.1) is 11.3 Å². The number of nitrogens with zero attached hydrogens (tertiary/aromatic N) is 3. The lowest BCUT2D eigenvalue weighted by molar-refractivity contribution is 0.768. The Balaban J connectivity index is 1.08. The highest BCUT2D eigenvalue weighted by Gasteiger charge is 2.46. The minimum atomic E-state index is -0.568. The molecule has 1 aliphatic carbocycles. The van der Waals surface area contributed by atoms with Crippen LogP contribution in [0.15, 0.2) is 176 Å². The first-order valence-electron chi connectivity index (χ1n) is 17.2. The van der Waals surface area contributed by atoms with Crippen molar-refractivity contribution in [3.8, 4) is 39.4 Å². The summed E-state index contributed by atoms with van der Waals surface area (Å²) in [5, 5.41) is 13.3. The maximum absolute atomic E-state index is 9.97. The highest BCUT2D eigenvalue weighted by molar-refractivity contribution is 6.06. The van der Waals surface area contributed by atoms with E-state index in [1.54, 1.807) is 0 Å². The normalized spacial score (nSPS) is 12.8. The molecule has 0 unspecified atom stereocenters. The quantitative estimate of drug-likeness (QED) is 0.141. The summed E-state index contributed by atoms with van der Waals surface area (Å²) in [6, 6.07) is 62.7. The minimum absolute atomic E-state index is 0.568. The number of rotatable bonds is 4. The first-order valence-corrected chi connectivity index (χ1v) is 17.2. The van der Waals surface area contributed by atoms with Crippen molar-refractivity contribution in [3.63, 3.8) is 0 Å². The molecule has 7 aromatic carbocycles. The number of aromatic nitrogens is 2. The Bertz CT molecular complexity index is 2810. The van der Waals surface area contributed by atoms with Gasteiger partial charge < -0.3 is 0 Å². The van der Waals surface area contributed by atoms with Gasteiger partial charge in [-0.15, -0.1) is 0 Å². The summed E-state index contributed by atoms with van der Waals surface area (Å²) in [4.78, 5) is 9.64. The molecule has 3 heteroatoms. The standard InChI is InChI=1S/C48H29N3/c49-30-31-13-22-41-42-23-20-36(29-44(42)48(43(41)26-31,39-9-3-1-4-10-39)40-11-5-2-6-12-40)33-16-14-32(15-17-33)35-21-24-45-38(27-35)28-37-19-18-34-8-7-25-50-46(34)47(37)51-45/h1-29H. The van der Waals surface area contributed by atoms with Crippen molar-refractivity contribution in [2.24, 2.45) is 0 Å². The predicted octanol–water partition coefficient (Wildman–Crippen LogP) is 11.5. The summed E-state index contributed by atoms with van der Waals surface area (Å²) in [6.07, 6.45) is 1.83. The zero-order valence-electron chi connectivity index (χ0n) is 27.6. The zero-order valence-corrected chi connectivity index (χ0v) is 27.6. The molecule has 0 fully saturated rings. The van der Waals surface area contributed by atoms with Crippen LogP contribution in [-0.4, -0.2) is 9.97 Å². The van der Waals surface area contributed by atoms with Crippen LogP contribution in [0.25, 0.3) is 66.1 Å². The van der Waals surface area contributed by atoms with Crippen molar-refractivity contribution < 1.29 is 0 Å². The monoisotopic (exact) mass is 647 g/mol. The van der Waals surface area contributed by atoms with E-state index in [1.165, 1.54) is 27.8 Å². The molecule has 3 nitrogen and oxygen atoms in total. The molecule has 0 radical (unpaired) electrons. The Morgan fingerprint density at radius 2 is 1.06 bits per heavy atom. The van der Waals surface area contributed by atoms with Crippen molar-refractivity contribution >= 4 is 32.7 Å². The van der Waals surface area contributed by atoms with Gasteiger partial charge in [0.1, 0.15) is 0 Å². The number of pyridine rings is 2. The Morgan fingerprint density at radius 1 is 0.451 bits per heavy atom. The molecule has 0 aliphatic heterocycles. The molecular weight excluding hydrogens is 619 g/mol. The summed E-state index contributed by atoms with van der Waals surface area (Å²) in [7, 11) is 0. The lowest BCUT2D eigenvalue weighted by Gasteiger charge is -2.34. The number of hydrogen-bond donors (Lipinski definition) is 0. The largest absolute Gasteiger partial charge is 0.254 e. The van der Waals surface area contributed by atoms with E-state index in [2.05, 4.69) is 169 Å². The van der Waals surface area contributed by atoms with Crippen LogP contribution in [0.5, 0.6) is 0 Å². The maximum Gasteiger partial charge on any atom is 0.0991 e. The number of benzene rings is 7. The third kappa shape index (κ3) is 4.44. The van der Waals surface area contributed by atoms with E-state index in [0.29, 0.717) is 5.56 Å². The fraction of sp³-hybridized carbons (Fsp3) is 0.0208. The molecule has 2 aromatic heterocycles. The summed E-state index contributed by atoms with van der Waals surface area (Å²) in [5.41, 5.74) is 14.6. The topological polar surface area (TPSA) is 49.6 Å². The Hall–Kier alpha value is -6.89. The maximum atomic E-state index is 9.97. The van der Waals surface area contributed by atoms with Gasteiger partial charge in [0.2, 0.25) is 0 Å². The second kappa shape index (κ2) is 11.3. The van der Waals surface area contributed by atoms with Crippen LogP contribution in [0.2, 0.25) is 0 Å². The van der Waals surface area contributed by atoms with Crippen molar-refractivity contribution in [2.45, 2.75) is 5.41 Å². The first kappa shape index (κ1) is 29.1. The average Bonchev–Trinajstić information content (AvgIpc) is 3.50. The smallest absolute Gasteiger partial charge is 0.0991 e. The van der Waals surface area contributed by atoms with E-state index in [1.807, 2.05) is 18.3 Å². The Kier molecular flexibility index (Phi) is 6.46. The predicted molar refractivity (Wildman–Crippen MR) is 207 cm³/mol. The molecule has 0 N–H and O–H groups in total. The third-order valence-electron chi connectivity index (χ3n) is 10.6. The molecule has 1 aliphatic rings. The second-order valence-electron chi connectivity index (χ2n) is 13.3. The van der Waals surface area contributed by atoms with Gasteiger partial charge in [0, 0.05) is 22.4 Å². The van der Waals surface area contributed by atoms with E-state index >= 15 is 0 Å². The molecule has 0 bridgehead atoms. The Morgan fingerprint density at radius 3 is 1.76 bits per heavy atom. The van der Waals surface area contributed by atoms with Crippen molar-refractivity contribution in [3.05, 3.63) is 204 Å². The molecular formula is C48H29N3. The summed E-state index contributed by atoms with van der Waals surface area (Å²) < 4.78 is 0. The molecule has 0 spiro atoms. The highest BCUT2D eigenvalue weighted by atomic mass is 14.7. The van der Waals surface area contributed by atoms with Crippen LogP contribution in [-0.2, 0) is 5.41 Å². The fourth-order valence-corrected chi connectivity index (χ4v) is 8.21. The van der Waals surface area contributed by atoms with E-state index in [9.17, 15) is 5.26 Å². The van der Waals surface area contributed by atoms with Gasteiger partial charge in [-0.2, -0.15) is 5.26 Å². The minimum Gasteiger partial charge on any atom is -0.254 e. The number of fused-ring (bicyclic) bond motifs is 7. The van der Waals surface area contributed by atoms with Crippen molar-refractivity contribution in [2.75, 3.05) is 0 Å². The van der Waals surface area contributed by atoms with E-state index in [0.717, 1.165) is 60.5 Å². The van der Waals surface area contributed by atoms with Gasteiger partial charge in [-0.3, -0.25) is 4.98 Å². The van der Waals surface area contributed by atoms with Crippen LogP contribution >= 0.6 is 0 Å². The average molecular weight is 648 g/mol. The van der Waals surface area contributed by atoms with Gasteiger partial charge in [-0.1, -0.05) is 127 Å². The van der Waals surface area contributed by atoms with Crippen molar-refractivity contribution in [1.29, 1.82) is 5.26 Å². The van der Waals surface area contributed by atoms with Gasteiger partial charge in [0.05, 0.1) is 33.6 Å². The van der Waals surface area contributed by atoms with Crippen molar-refractivity contribution in [1.82, 2.24) is 9.97 Å². The lowest BCUT2D eigenvalue weighted by atomic mass is 9.67. The fourth-order valence-electron chi connectivity index (χ4n) is 8.21. The molecule has 9 aromatic rings. The van der Waals surface area contributed by atoms with Gasteiger partial charge in [0.25, 0.3) is 0 Å². The van der Waals surface area contributed by atoms with Gasteiger partial charge in [-0.05, 0) is 98.1 Å². The van der Waals surface area contributed by atoms with Crippen LogP contribution < -0.4 is 0 Å². The first-order chi connectivity index (χ1) is 25.2. The molecule has 0 saturated heterocycles. The third-order valence-corrected chi connectivity index (χ3v) is 10.6. The zero-order chi connectivity index (χ0) is 33.9. The molecule has 236 valence electrons.